The van der Waals surface area contributed by atoms with Crippen molar-refractivity contribution in [2.75, 3.05) is 12.4 Å². The van der Waals surface area contributed by atoms with Gasteiger partial charge in [-0.25, -0.2) is 8.42 Å². The highest BCUT2D eigenvalue weighted by Crippen LogP contribution is 2.28. The van der Waals surface area contributed by atoms with Gasteiger partial charge >= 0.3 is 0 Å². The van der Waals surface area contributed by atoms with Crippen LogP contribution in [0.25, 0.3) is 6.08 Å². The van der Waals surface area contributed by atoms with E-state index in [4.69, 9.17) is 0 Å². The molecular formula is C9H9NO2S. The van der Waals surface area contributed by atoms with E-state index in [1.807, 2.05) is 6.07 Å². The van der Waals surface area contributed by atoms with E-state index in [9.17, 15) is 8.42 Å². The number of anilines is 1. The lowest BCUT2D eigenvalue weighted by atomic mass is 10.2. The number of sulfone groups is 1. The van der Waals surface area contributed by atoms with Crippen LogP contribution in [0.1, 0.15) is 5.56 Å². The summed E-state index contributed by atoms with van der Waals surface area (Å²) in [6, 6.07) is 5.19. The van der Waals surface area contributed by atoms with Crippen molar-refractivity contribution in [2.24, 2.45) is 0 Å². The molecule has 1 aromatic rings. The summed E-state index contributed by atoms with van der Waals surface area (Å²) in [7, 11) is -1.34. The fourth-order valence-electron chi connectivity index (χ4n) is 1.33. The Balaban J connectivity index is 2.65. The van der Waals surface area contributed by atoms with Crippen molar-refractivity contribution in [3.8, 4) is 0 Å². The van der Waals surface area contributed by atoms with Crippen LogP contribution >= 0.6 is 0 Å². The third kappa shape index (κ3) is 1.23. The van der Waals surface area contributed by atoms with Crippen LogP contribution in [0, 0.1) is 0 Å². The molecule has 0 aliphatic carbocycles. The highest BCUT2D eigenvalue weighted by atomic mass is 32.2. The van der Waals surface area contributed by atoms with Crippen molar-refractivity contribution in [3.05, 3.63) is 29.2 Å². The van der Waals surface area contributed by atoms with E-state index >= 15 is 0 Å². The van der Waals surface area contributed by atoms with Gasteiger partial charge in [0.25, 0.3) is 0 Å². The molecule has 0 atom stereocenters. The Morgan fingerprint density at radius 3 is 2.77 bits per heavy atom. The van der Waals surface area contributed by atoms with Crippen LogP contribution < -0.4 is 5.32 Å². The molecule has 1 aromatic carbocycles. The highest BCUT2D eigenvalue weighted by molar-refractivity contribution is 7.94. The van der Waals surface area contributed by atoms with E-state index in [1.165, 1.54) is 5.41 Å². The van der Waals surface area contributed by atoms with Crippen LogP contribution in [0.5, 0.6) is 0 Å². The van der Waals surface area contributed by atoms with Crippen LogP contribution in [0.3, 0.4) is 0 Å². The Morgan fingerprint density at radius 2 is 2.08 bits per heavy atom. The Hall–Kier alpha value is -1.29. The lowest BCUT2D eigenvalue weighted by Gasteiger charge is -2.02. The van der Waals surface area contributed by atoms with Gasteiger partial charge in [0.05, 0.1) is 4.90 Å². The van der Waals surface area contributed by atoms with E-state index in [2.05, 4.69) is 5.32 Å². The molecule has 0 saturated carbocycles. The summed E-state index contributed by atoms with van der Waals surface area (Å²) in [6.07, 6.45) is 1.62. The molecule has 68 valence electrons. The molecule has 13 heavy (non-hydrogen) atoms. The minimum atomic E-state index is -3.14. The molecule has 0 aromatic heterocycles. The van der Waals surface area contributed by atoms with Gasteiger partial charge in [0, 0.05) is 18.1 Å². The van der Waals surface area contributed by atoms with E-state index < -0.39 is 9.84 Å². The van der Waals surface area contributed by atoms with E-state index in [0.717, 1.165) is 11.3 Å². The molecule has 0 bridgehead atoms. The smallest absolute Gasteiger partial charge is 0.200 e. The minimum Gasteiger partial charge on any atom is -0.388 e. The number of hydrogen-bond acceptors (Lipinski definition) is 3. The molecule has 0 fully saturated rings. The second-order valence-electron chi connectivity index (χ2n) is 2.85. The van der Waals surface area contributed by atoms with Gasteiger partial charge in [-0.15, -0.1) is 0 Å². The maximum absolute atomic E-state index is 11.3. The lowest BCUT2D eigenvalue weighted by Crippen LogP contribution is -1.94. The summed E-state index contributed by atoms with van der Waals surface area (Å²) in [5.74, 6) is 0. The Labute approximate surface area is 77.0 Å². The van der Waals surface area contributed by atoms with Gasteiger partial charge < -0.3 is 5.32 Å². The Kier molecular flexibility index (Phi) is 1.66. The molecule has 0 radical (unpaired) electrons. The molecule has 0 amide bonds. The second kappa shape index (κ2) is 2.60. The number of benzene rings is 1. The topological polar surface area (TPSA) is 46.2 Å². The first kappa shape index (κ1) is 8.31. The van der Waals surface area contributed by atoms with Gasteiger partial charge in [-0.1, -0.05) is 0 Å². The predicted octanol–water partition coefficient (Wildman–Crippen LogP) is 1.49. The quantitative estimate of drug-likeness (QED) is 0.738. The maximum Gasteiger partial charge on any atom is 0.200 e. The summed E-state index contributed by atoms with van der Waals surface area (Å²) in [6.45, 7) is 0. The van der Waals surface area contributed by atoms with Crippen LogP contribution in [0.4, 0.5) is 5.69 Å². The van der Waals surface area contributed by atoms with Crippen molar-refractivity contribution >= 4 is 21.6 Å². The third-order valence-electron chi connectivity index (χ3n) is 2.03. The van der Waals surface area contributed by atoms with Crippen LogP contribution in [0.15, 0.2) is 28.5 Å². The predicted molar refractivity (Wildman–Crippen MR) is 52.2 cm³/mol. The molecule has 1 aliphatic heterocycles. The fraction of sp³-hybridized carbons (Fsp3) is 0.111. The molecule has 1 aliphatic rings. The fourth-order valence-corrected chi connectivity index (χ4v) is 2.52. The standard InChI is InChI=1S/C9H9NO2S/c1-10-8-2-3-9-7(6-8)4-5-13(9,11)12/h2-6,10H,1H3. The molecule has 4 heteroatoms. The first-order valence-electron chi connectivity index (χ1n) is 3.88. The number of nitrogens with one attached hydrogen (secondary N) is 1. The van der Waals surface area contributed by atoms with Crippen molar-refractivity contribution < 1.29 is 8.42 Å². The SMILES string of the molecule is CNc1ccc2c(c1)C=CS2(=O)=O. The van der Waals surface area contributed by atoms with Gasteiger partial charge in [-0.3, -0.25) is 0 Å². The minimum absolute atomic E-state index is 0.395. The van der Waals surface area contributed by atoms with E-state index in [-0.39, 0.29) is 0 Å². The molecule has 2 rings (SSSR count). The molecule has 1 N–H and O–H groups in total. The molecule has 3 nitrogen and oxygen atoms in total. The molecule has 1 heterocycles. The van der Waals surface area contributed by atoms with Gasteiger partial charge in [-0.05, 0) is 29.8 Å². The van der Waals surface area contributed by atoms with E-state index in [0.29, 0.717) is 4.90 Å². The average molecular weight is 195 g/mol. The summed E-state index contributed by atoms with van der Waals surface area (Å²) in [5.41, 5.74) is 1.67. The Bertz CT molecular complexity index is 474. The zero-order chi connectivity index (χ0) is 9.47. The van der Waals surface area contributed by atoms with Gasteiger partial charge in [-0.2, -0.15) is 0 Å². The molecule has 0 saturated heterocycles. The van der Waals surface area contributed by atoms with Crippen molar-refractivity contribution in [1.29, 1.82) is 0 Å². The third-order valence-corrected chi connectivity index (χ3v) is 3.51. The van der Waals surface area contributed by atoms with Crippen LogP contribution in [-0.4, -0.2) is 15.5 Å². The molecule has 0 spiro atoms. The van der Waals surface area contributed by atoms with Gasteiger partial charge in [0.2, 0.25) is 0 Å². The molecule has 0 unspecified atom stereocenters. The number of hydrogen-bond donors (Lipinski definition) is 1. The average Bonchev–Trinajstić information content (AvgIpc) is 2.42. The van der Waals surface area contributed by atoms with Crippen molar-refractivity contribution in [2.45, 2.75) is 4.90 Å². The summed E-state index contributed by atoms with van der Waals surface area (Å²) >= 11 is 0. The second-order valence-corrected chi connectivity index (χ2v) is 4.65. The van der Waals surface area contributed by atoms with Gasteiger partial charge in [0.15, 0.2) is 9.84 Å². The number of rotatable bonds is 1. The van der Waals surface area contributed by atoms with Crippen LogP contribution in [-0.2, 0) is 9.84 Å². The van der Waals surface area contributed by atoms with Gasteiger partial charge in [0.1, 0.15) is 0 Å². The van der Waals surface area contributed by atoms with Crippen molar-refractivity contribution in [3.63, 3.8) is 0 Å². The summed E-state index contributed by atoms with van der Waals surface area (Å²) < 4.78 is 22.7. The highest BCUT2D eigenvalue weighted by Gasteiger charge is 2.19. The van der Waals surface area contributed by atoms with E-state index in [1.54, 1.807) is 25.3 Å². The maximum atomic E-state index is 11.3. The van der Waals surface area contributed by atoms with Crippen LogP contribution in [0.2, 0.25) is 0 Å². The molecular weight excluding hydrogens is 186 g/mol. The monoisotopic (exact) mass is 195 g/mol. The number of fused-ring (bicyclic) bond motifs is 1. The lowest BCUT2D eigenvalue weighted by molar-refractivity contribution is 0.605. The first-order chi connectivity index (χ1) is 6.13. The Morgan fingerprint density at radius 1 is 1.31 bits per heavy atom. The largest absolute Gasteiger partial charge is 0.388 e. The summed E-state index contributed by atoms with van der Waals surface area (Å²) in [4.78, 5) is 0.395. The summed E-state index contributed by atoms with van der Waals surface area (Å²) in [5, 5.41) is 4.19. The van der Waals surface area contributed by atoms with Crippen molar-refractivity contribution in [1.82, 2.24) is 0 Å². The zero-order valence-electron chi connectivity index (χ0n) is 7.11. The first-order valence-corrected chi connectivity index (χ1v) is 5.43. The normalized spacial score (nSPS) is 17.0. The zero-order valence-corrected chi connectivity index (χ0v) is 7.93.